The molecule has 0 rings (SSSR count). The van der Waals surface area contributed by atoms with Crippen molar-refractivity contribution in [3.05, 3.63) is 0 Å². The van der Waals surface area contributed by atoms with E-state index in [2.05, 4.69) is 41.5 Å². The molecule has 0 aliphatic carbocycles. The van der Waals surface area contributed by atoms with E-state index < -0.39 is 22.8 Å². The maximum Gasteiger partial charge on any atom is 2.00 e. The van der Waals surface area contributed by atoms with Crippen LogP contribution in [0.5, 0.6) is 0 Å². The summed E-state index contributed by atoms with van der Waals surface area (Å²) >= 11 is 0. The van der Waals surface area contributed by atoms with Crippen molar-refractivity contribution in [1.82, 2.24) is 0 Å². The molecule has 434 valence electrons. The Morgan fingerprint density at radius 1 is 0.205 bits per heavy atom. The molecule has 0 atom stereocenters. The van der Waals surface area contributed by atoms with E-state index in [4.69, 9.17) is 0 Å². The van der Waals surface area contributed by atoms with Gasteiger partial charge in [0, 0.05) is 22.8 Å². The summed E-state index contributed by atoms with van der Waals surface area (Å²) in [7, 11) is 0. The van der Waals surface area contributed by atoms with Gasteiger partial charge in [-0.1, -0.05) is 375 Å². The molecule has 0 aliphatic heterocycles. The van der Waals surface area contributed by atoms with Crippen molar-refractivity contribution in [3.63, 3.8) is 0 Å². The van der Waals surface area contributed by atoms with Gasteiger partial charge in [0.25, 0.3) is 0 Å². The summed E-state index contributed by atoms with van der Waals surface area (Å²) < 4.78 is 0. The van der Waals surface area contributed by atoms with Crippen LogP contribution in [-0.4, -0.2) is 39.2 Å². The first-order valence-electron chi connectivity index (χ1n) is 33.7. The van der Waals surface area contributed by atoms with Crippen molar-refractivity contribution < 1.29 is 19.8 Å². The fourth-order valence-electron chi connectivity index (χ4n) is 11.7. The van der Waals surface area contributed by atoms with Crippen molar-refractivity contribution in [1.29, 1.82) is 0 Å². The number of rotatable bonds is 60. The van der Waals surface area contributed by atoms with Crippen LogP contribution < -0.4 is 10.2 Å². The van der Waals surface area contributed by atoms with Gasteiger partial charge in [-0.15, -0.1) is 0 Å². The Bertz CT molecular complexity index is 947. The van der Waals surface area contributed by atoms with Gasteiger partial charge in [-0.05, 0) is 38.5 Å². The predicted molar refractivity (Wildman–Crippen MR) is 322 cm³/mol. The summed E-state index contributed by atoms with van der Waals surface area (Å²) in [5.41, 5.74) is -1.13. The molecule has 73 heavy (non-hydrogen) atoms. The fourth-order valence-corrected chi connectivity index (χ4v) is 11.7. The van der Waals surface area contributed by atoms with Crippen LogP contribution >= 0.6 is 0 Å². The van der Waals surface area contributed by atoms with Gasteiger partial charge < -0.3 is 19.8 Å². The number of carbonyl (C=O) groups is 2. The van der Waals surface area contributed by atoms with Gasteiger partial charge in [-0.25, -0.2) is 0 Å². The van der Waals surface area contributed by atoms with E-state index >= 15 is 0 Å². The van der Waals surface area contributed by atoms with E-state index in [0.717, 1.165) is 77.0 Å². The normalized spacial score (nSPS) is 11.7. The zero-order chi connectivity index (χ0) is 53.2. The zero-order valence-corrected chi connectivity index (χ0v) is 55.0. The maximum absolute atomic E-state index is 12.4. The van der Waals surface area contributed by atoms with Gasteiger partial charge in [-0.3, -0.25) is 0 Å². The van der Waals surface area contributed by atoms with Crippen molar-refractivity contribution in [2.24, 2.45) is 10.8 Å². The molecule has 2 radical (unpaired) electrons. The van der Waals surface area contributed by atoms with E-state index in [9.17, 15) is 19.8 Å². The van der Waals surface area contributed by atoms with Gasteiger partial charge in [0.15, 0.2) is 0 Å². The predicted octanol–water partition coefficient (Wildman–Crippen LogP) is 21.8. The zero-order valence-electron chi connectivity index (χ0n) is 51.1. The Morgan fingerprint density at radius 2 is 0.301 bits per heavy atom. The fraction of sp³-hybridized carbons (Fsp3) is 0.971. The van der Waals surface area contributed by atoms with E-state index in [-0.39, 0.29) is 27.3 Å². The van der Waals surface area contributed by atoms with Crippen LogP contribution in [0.25, 0.3) is 0 Å². The Kier molecular flexibility index (Phi) is 66.2. The van der Waals surface area contributed by atoms with E-state index in [1.54, 1.807) is 0 Å². The Hall–Kier alpha value is -0.138. The molecule has 0 aliphatic rings. The maximum atomic E-state index is 12.4. The first kappa shape index (κ1) is 77.1. The number of unbranched alkanes of at least 4 members (excludes halogenated alkanes) is 46. The quantitative estimate of drug-likeness (QED) is 0.0449. The summed E-state index contributed by atoms with van der Waals surface area (Å²) in [5.74, 6) is -1.50. The second-order valence-corrected chi connectivity index (χ2v) is 23.9. The number of hydrogen-bond donors (Lipinski definition) is 0. The average molecular weight is 1220 g/mol. The molecule has 0 aromatic heterocycles. The summed E-state index contributed by atoms with van der Waals surface area (Å²) in [6.07, 6.45) is 72.3. The minimum Gasteiger partial charge on any atom is -0.550 e. The summed E-state index contributed by atoms with van der Waals surface area (Å²) in [5, 5.41) is 24.8. The van der Waals surface area contributed by atoms with Crippen LogP contribution in [0.2, 0.25) is 0 Å². The van der Waals surface area contributed by atoms with Crippen LogP contribution in [0.3, 0.4) is 0 Å². The topological polar surface area (TPSA) is 80.3 Å². The Balaban J connectivity index is -0.00000132. The van der Waals surface area contributed by atoms with Gasteiger partial charge in [0.05, 0.1) is 0 Å². The molecule has 0 spiro atoms. The minimum atomic E-state index is -0.751. The van der Waals surface area contributed by atoms with Crippen LogP contribution in [-0.2, 0) is 9.59 Å². The molecule has 0 heterocycles. The molecule has 0 saturated heterocycles. The molecular weight excluding hydrogens is 1090 g/mol. The molecule has 0 aromatic rings. The number of aliphatic carboxylic acids is 2. The summed E-state index contributed by atoms with van der Waals surface area (Å²) in [6, 6.07) is 0. The first-order chi connectivity index (χ1) is 35.3. The number of carbonyl (C=O) groups excluding carboxylic acids is 2. The number of carboxylic acid groups (broad SMARTS) is 2. The molecular formula is C68H134O4Pb. The molecule has 0 unspecified atom stereocenters. The molecule has 0 N–H and O–H groups in total. The second-order valence-electron chi connectivity index (χ2n) is 23.9. The molecule has 0 fully saturated rings. The molecule has 0 amide bonds. The van der Waals surface area contributed by atoms with Crippen molar-refractivity contribution in [3.8, 4) is 0 Å². The standard InChI is InChI=1S/2C34H68O2.Pb/c2*1-4-7-10-13-16-17-18-19-20-21-22-23-26-29-32-34(33(35)36,30-27-24-14-11-8-5-2)31-28-25-15-12-9-6-3;/h2*4-32H2,1-3H3,(H,35,36);/q;;+2/p-2. The SMILES string of the molecule is CCCCCCCCCCCCCCCCC(CCCCCCCC)(CCCCCCCC)C(=O)[O-].CCCCCCCCCCCCCCCCC(CCCCCCCC)(CCCCCCCC)C(=O)[O-].[Pb+2]. The molecule has 0 saturated carbocycles. The van der Waals surface area contributed by atoms with Gasteiger partial charge in [-0.2, -0.15) is 0 Å². The second kappa shape index (κ2) is 62.7. The van der Waals surface area contributed by atoms with Gasteiger partial charge in [0.2, 0.25) is 0 Å². The molecule has 0 bridgehead atoms. The van der Waals surface area contributed by atoms with Crippen LogP contribution in [0.1, 0.15) is 414 Å². The largest absolute Gasteiger partial charge is 2.00 e. The third-order valence-corrected chi connectivity index (χ3v) is 16.9. The number of carboxylic acids is 2. The van der Waals surface area contributed by atoms with Crippen LogP contribution in [0.4, 0.5) is 0 Å². The van der Waals surface area contributed by atoms with Gasteiger partial charge in [0.1, 0.15) is 0 Å². The Labute approximate surface area is 480 Å². The third kappa shape index (κ3) is 52.3. The van der Waals surface area contributed by atoms with Gasteiger partial charge >= 0.3 is 27.3 Å². The smallest absolute Gasteiger partial charge is 0.550 e. The Morgan fingerprint density at radius 3 is 0.397 bits per heavy atom. The van der Waals surface area contributed by atoms with Crippen LogP contribution in [0, 0.1) is 10.8 Å². The van der Waals surface area contributed by atoms with E-state index in [1.165, 1.54) is 295 Å². The minimum absolute atomic E-state index is 0. The first-order valence-corrected chi connectivity index (χ1v) is 33.7. The summed E-state index contributed by atoms with van der Waals surface area (Å²) in [6.45, 7) is 13.6. The van der Waals surface area contributed by atoms with Crippen molar-refractivity contribution >= 4 is 39.2 Å². The molecule has 4 nitrogen and oxygen atoms in total. The van der Waals surface area contributed by atoms with E-state index in [0.29, 0.717) is 0 Å². The summed E-state index contributed by atoms with van der Waals surface area (Å²) in [4.78, 5) is 24.8. The average Bonchev–Trinajstić information content (AvgIpc) is 3.37. The van der Waals surface area contributed by atoms with Crippen molar-refractivity contribution in [2.75, 3.05) is 0 Å². The number of hydrogen-bond acceptors (Lipinski definition) is 4. The van der Waals surface area contributed by atoms with Crippen LogP contribution in [0.15, 0.2) is 0 Å². The molecule has 0 aromatic carbocycles. The van der Waals surface area contributed by atoms with E-state index in [1.807, 2.05) is 0 Å². The van der Waals surface area contributed by atoms with Crippen molar-refractivity contribution in [2.45, 2.75) is 414 Å². The third-order valence-electron chi connectivity index (χ3n) is 16.9. The monoisotopic (exact) mass is 1220 g/mol. The molecule has 5 heteroatoms.